The highest BCUT2D eigenvalue weighted by Gasteiger charge is 2.31. The molecule has 0 radical (unpaired) electrons. The van der Waals surface area contributed by atoms with E-state index in [2.05, 4.69) is 20.3 Å². The molecule has 3 heterocycles. The van der Waals surface area contributed by atoms with Gasteiger partial charge in [-0.2, -0.15) is 4.98 Å². The minimum Gasteiger partial charge on any atom is -0.378 e. The van der Waals surface area contributed by atoms with Gasteiger partial charge in [0.05, 0.1) is 37.7 Å². The van der Waals surface area contributed by atoms with Crippen molar-refractivity contribution in [1.82, 2.24) is 19.7 Å². The Bertz CT molecular complexity index is 1020. The van der Waals surface area contributed by atoms with Crippen molar-refractivity contribution in [2.45, 2.75) is 12.1 Å². The maximum absolute atomic E-state index is 13.5. The lowest BCUT2D eigenvalue weighted by Crippen LogP contribution is -2.53. The van der Waals surface area contributed by atoms with Crippen LogP contribution in [0, 0.1) is 11.6 Å². The molecule has 0 spiro atoms. The largest absolute Gasteiger partial charge is 0.378 e. The number of benzene rings is 2. The summed E-state index contributed by atoms with van der Waals surface area (Å²) in [5, 5.41) is 7.40. The average Bonchev–Trinajstić information content (AvgIpc) is 3.15. The third-order valence-electron chi connectivity index (χ3n) is 5.35. The molecule has 7 nitrogen and oxygen atoms in total. The lowest BCUT2D eigenvalue weighted by molar-refractivity contribution is -0.115. The first-order valence-corrected chi connectivity index (χ1v) is 9.82. The highest BCUT2D eigenvalue weighted by molar-refractivity contribution is 5.54. The van der Waals surface area contributed by atoms with Crippen LogP contribution in [-0.2, 0) is 9.47 Å². The molecule has 1 N–H and O–H groups in total. The third-order valence-corrected chi connectivity index (χ3v) is 5.35. The van der Waals surface area contributed by atoms with E-state index in [1.54, 1.807) is 0 Å². The highest BCUT2D eigenvalue weighted by atomic mass is 19.1. The van der Waals surface area contributed by atoms with E-state index in [-0.39, 0.29) is 11.8 Å². The molecule has 0 bridgehead atoms. The molecule has 1 atom stereocenters. The Balaban J connectivity index is 1.30. The second kappa shape index (κ2) is 8.10. The summed E-state index contributed by atoms with van der Waals surface area (Å²) in [6, 6.07) is 11.6. The quantitative estimate of drug-likeness (QED) is 0.694. The Hall–Kier alpha value is -2.88. The first kappa shape index (κ1) is 19.1. The van der Waals surface area contributed by atoms with Crippen LogP contribution in [0.2, 0.25) is 0 Å². The van der Waals surface area contributed by atoms with Gasteiger partial charge in [-0.15, -0.1) is 5.10 Å². The molecule has 2 aliphatic rings. The lowest BCUT2D eigenvalue weighted by Gasteiger charge is -2.42. The minimum absolute atomic E-state index is 0.0121. The van der Waals surface area contributed by atoms with E-state index < -0.39 is 11.6 Å². The molecule has 2 saturated heterocycles. The molecule has 2 aliphatic heterocycles. The SMILES string of the molecule is Fc1cc(F)cc(-n2cnc(Nc3cccc(C4CN(C5COC5)CCO4)c3)n2)c1. The molecule has 156 valence electrons. The van der Waals surface area contributed by atoms with Gasteiger partial charge in [0.25, 0.3) is 0 Å². The Kier molecular flexibility index (Phi) is 5.16. The number of aromatic nitrogens is 3. The van der Waals surface area contributed by atoms with Crippen molar-refractivity contribution in [2.24, 2.45) is 0 Å². The van der Waals surface area contributed by atoms with Crippen molar-refractivity contribution >= 4 is 11.6 Å². The Labute approximate surface area is 172 Å². The van der Waals surface area contributed by atoms with Crippen LogP contribution < -0.4 is 5.32 Å². The number of nitrogens with one attached hydrogen (secondary N) is 1. The number of halogens is 2. The van der Waals surface area contributed by atoms with E-state index in [1.165, 1.54) is 23.1 Å². The van der Waals surface area contributed by atoms with E-state index in [0.29, 0.717) is 18.6 Å². The molecule has 1 unspecified atom stereocenters. The predicted molar refractivity (Wildman–Crippen MR) is 106 cm³/mol. The topological polar surface area (TPSA) is 64.4 Å². The molecule has 30 heavy (non-hydrogen) atoms. The minimum atomic E-state index is -0.669. The molecule has 2 aromatic carbocycles. The van der Waals surface area contributed by atoms with E-state index >= 15 is 0 Å². The fourth-order valence-corrected chi connectivity index (χ4v) is 3.70. The maximum atomic E-state index is 13.5. The number of anilines is 2. The van der Waals surface area contributed by atoms with Gasteiger partial charge in [-0.25, -0.2) is 13.5 Å². The summed E-state index contributed by atoms with van der Waals surface area (Å²) in [6.45, 7) is 4.02. The zero-order valence-corrected chi connectivity index (χ0v) is 16.2. The van der Waals surface area contributed by atoms with Gasteiger partial charge in [0, 0.05) is 24.8 Å². The van der Waals surface area contributed by atoms with Gasteiger partial charge in [-0.1, -0.05) is 12.1 Å². The molecule has 2 fully saturated rings. The van der Waals surface area contributed by atoms with Crippen LogP contribution in [-0.4, -0.2) is 58.6 Å². The zero-order valence-electron chi connectivity index (χ0n) is 16.2. The molecular formula is C21H21F2N5O2. The molecule has 0 amide bonds. The number of ether oxygens (including phenoxy) is 2. The number of rotatable bonds is 5. The van der Waals surface area contributed by atoms with Crippen molar-refractivity contribution in [1.29, 1.82) is 0 Å². The van der Waals surface area contributed by atoms with Crippen molar-refractivity contribution < 1.29 is 18.3 Å². The molecule has 3 aromatic rings. The number of nitrogens with zero attached hydrogens (tertiary/aromatic N) is 4. The summed E-state index contributed by atoms with van der Waals surface area (Å²) in [5.41, 5.74) is 2.14. The Morgan fingerprint density at radius 3 is 2.67 bits per heavy atom. The number of morpholine rings is 1. The second-order valence-corrected chi connectivity index (χ2v) is 7.44. The van der Waals surface area contributed by atoms with Gasteiger partial charge in [0.15, 0.2) is 0 Å². The fourth-order valence-electron chi connectivity index (χ4n) is 3.70. The van der Waals surface area contributed by atoms with Crippen LogP contribution in [0.1, 0.15) is 11.7 Å². The second-order valence-electron chi connectivity index (χ2n) is 7.44. The van der Waals surface area contributed by atoms with Crippen LogP contribution in [0.4, 0.5) is 20.4 Å². The van der Waals surface area contributed by atoms with Gasteiger partial charge < -0.3 is 14.8 Å². The van der Waals surface area contributed by atoms with Crippen LogP contribution in [0.15, 0.2) is 48.8 Å². The first-order valence-electron chi connectivity index (χ1n) is 9.82. The lowest BCUT2D eigenvalue weighted by atomic mass is 10.1. The molecule has 5 rings (SSSR count). The van der Waals surface area contributed by atoms with E-state index in [9.17, 15) is 8.78 Å². The molecular weight excluding hydrogens is 392 g/mol. The molecule has 1 aromatic heterocycles. The molecule has 0 saturated carbocycles. The molecule has 0 aliphatic carbocycles. The monoisotopic (exact) mass is 413 g/mol. The van der Waals surface area contributed by atoms with E-state index in [0.717, 1.165) is 43.6 Å². The highest BCUT2D eigenvalue weighted by Crippen LogP contribution is 2.27. The van der Waals surface area contributed by atoms with Gasteiger partial charge >= 0.3 is 0 Å². The zero-order chi connectivity index (χ0) is 20.5. The summed E-state index contributed by atoms with van der Waals surface area (Å²) in [5.74, 6) is -1.01. The van der Waals surface area contributed by atoms with Crippen molar-refractivity contribution in [2.75, 3.05) is 38.2 Å². The van der Waals surface area contributed by atoms with Crippen molar-refractivity contribution in [3.8, 4) is 5.69 Å². The van der Waals surface area contributed by atoms with Crippen molar-refractivity contribution in [3.63, 3.8) is 0 Å². The normalized spacial score (nSPS) is 20.1. The van der Waals surface area contributed by atoms with Gasteiger partial charge in [-0.3, -0.25) is 4.90 Å². The summed E-state index contributed by atoms with van der Waals surface area (Å²) in [4.78, 5) is 6.60. The van der Waals surface area contributed by atoms with E-state index in [4.69, 9.17) is 9.47 Å². The molecule has 9 heteroatoms. The summed E-state index contributed by atoms with van der Waals surface area (Å²) < 4.78 is 39.5. The first-order chi connectivity index (χ1) is 14.6. The maximum Gasteiger partial charge on any atom is 0.246 e. The van der Waals surface area contributed by atoms with Gasteiger partial charge in [-0.05, 0) is 29.8 Å². The van der Waals surface area contributed by atoms with Gasteiger partial charge in [0.1, 0.15) is 18.0 Å². The summed E-state index contributed by atoms with van der Waals surface area (Å²) >= 11 is 0. The summed E-state index contributed by atoms with van der Waals surface area (Å²) in [6.07, 6.45) is 1.39. The Morgan fingerprint density at radius 1 is 1.07 bits per heavy atom. The van der Waals surface area contributed by atoms with Crippen molar-refractivity contribution in [3.05, 3.63) is 66.0 Å². The third kappa shape index (κ3) is 4.04. The van der Waals surface area contributed by atoms with Crippen LogP contribution >= 0.6 is 0 Å². The van der Waals surface area contributed by atoms with E-state index in [1.807, 2.05) is 24.3 Å². The average molecular weight is 413 g/mol. The summed E-state index contributed by atoms with van der Waals surface area (Å²) in [7, 11) is 0. The Morgan fingerprint density at radius 2 is 1.90 bits per heavy atom. The fraction of sp³-hybridized carbons (Fsp3) is 0.333. The number of hydrogen-bond donors (Lipinski definition) is 1. The van der Waals surface area contributed by atoms with Gasteiger partial charge in [0.2, 0.25) is 5.95 Å². The van der Waals surface area contributed by atoms with Crippen LogP contribution in [0.5, 0.6) is 0 Å². The standard InChI is InChI=1S/C21H21F2N5O2/c22-15-7-16(23)9-18(8-15)28-13-24-21(26-28)25-17-3-1-2-14(6-17)20-10-27(4-5-30-20)19-11-29-12-19/h1-3,6-9,13,19-20H,4-5,10-12H2,(H,25,26). The van der Waals surface area contributed by atoms with Crippen LogP contribution in [0.25, 0.3) is 5.69 Å². The smallest absolute Gasteiger partial charge is 0.246 e. The predicted octanol–water partition coefficient (Wildman–Crippen LogP) is 3.06. The number of hydrogen-bond acceptors (Lipinski definition) is 6. The van der Waals surface area contributed by atoms with Crippen LogP contribution in [0.3, 0.4) is 0 Å².